The first-order valence-corrected chi connectivity index (χ1v) is 8.59. The number of ether oxygens (including phenoxy) is 1. The van der Waals surface area contributed by atoms with Gasteiger partial charge in [-0.1, -0.05) is 26.7 Å². The summed E-state index contributed by atoms with van der Waals surface area (Å²) in [5.41, 5.74) is 6.05. The standard InChI is InChI=1S/C17H32N2O2/c1-13(2)12-21-14-7-10-19(11-8-14)16(20)15-6-4-5-9-17(15,3)18/h13-15H,4-12,18H2,1-3H3. The van der Waals surface area contributed by atoms with Crippen LogP contribution in [0, 0.1) is 11.8 Å². The predicted octanol–water partition coefficient (Wildman–Crippen LogP) is 2.56. The van der Waals surface area contributed by atoms with Gasteiger partial charge in [0.2, 0.25) is 5.91 Å². The van der Waals surface area contributed by atoms with Gasteiger partial charge >= 0.3 is 0 Å². The third-order valence-electron chi connectivity index (χ3n) is 4.97. The molecule has 0 spiro atoms. The number of piperidine rings is 1. The molecule has 1 aliphatic carbocycles. The van der Waals surface area contributed by atoms with Gasteiger partial charge in [0, 0.05) is 25.2 Å². The zero-order chi connectivity index (χ0) is 15.5. The normalized spacial score (nSPS) is 31.7. The lowest BCUT2D eigenvalue weighted by molar-refractivity contribution is -0.141. The summed E-state index contributed by atoms with van der Waals surface area (Å²) in [5, 5.41) is 0. The van der Waals surface area contributed by atoms with Crippen LogP contribution in [0.5, 0.6) is 0 Å². The second kappa shape index (κ2) is 7.10. The fourth-order valence-electron chi connectivity index (χ4n) is 3.56. The van der Waals surface area contributed by atoms with Crippen LogP contribution in [0.25, 0.3) is 0 Å². The molecule has 2 N–H and O–H groups in total. The minimum Gasteiger partial charge on any atom is -0.378 e. The molecule has 2 unspecified atom stereocenters. The first-order valence-electron chi connectivity index (χ1n) is 8.59. The molecule has 0 aromatic carbocycles. The molecule has 2 aliphatic rings. The first-order chi connectivity index (χ1) is 9.90. The van der Waals surface area contributed by atoms with Gasteiger partial charge in [0.25, 0.3) is 0 Å². The van der Waals surface area contributed by atoms with E-state index in [1.54, 1.807) is 0 Å². The van der Waals surface area contributed by atoms with E-state index < -0.39 is 0 Å². The van der Waals surface area contributed by atoms with Crippen LogP contribution in [0.4, 0.5) is 0 Å². The molecule has 1 aliphatic heterocycles. The first kappa shape index (κ1) is 16.8. The van der Waals surface area contributed by atoms with Crippen molar-refractivity contribution in [3.05, 3.63) is 0 Å². The highest BCUT2D eigenvalue weighted by atomic mass is 16.5. The second-order valence-corrected chi connectivity index (χ2v) is 7.56. The van der Waals surface area contributed by atoms with E-state index in [-0.39, 0.29) is 17.4 Å². The molecule has 0 bridgehead atoms. The molecule has 0 aromatic rings. The quantitative estimate of drug-likeness (QED) is 0.867. The molecule has 1 amide bonds. The smallest absolute Gasteiger partial charge is 0.227 e. The maximum atomic E-state index is 12.7. The molecule has 4 heteroatoms. The Morgan fingerprint density at radius 3 is 2.52 bits per heavy atom. The van der Waals surface area contributed by atoms with E-state index >= 15 is 0 Å². The van der Waals surface area contributed by atoms with E-state index in [9.17, 15) is 4.79 Å². The molecule has 2 fully saturated rings. The van der Waals surface area contributed by atoms with Crippen molar-refractivity contribution in [3.8, 4) is 0 Å². The Labute approximate surface area is 129 Å². The molecule has 122 valence electrons. The summed E-state index contributed by atoms with van der Waals surface area (Å²) in [5.74, 6) is 0.867. The molecule has 4 nitrogen and oxygen atoms in total. The van der Waals surface area contributed by atoms with Gasteiger partial charge in [0.1, 0.15) is 0 Å². The van der Waals surface area contributed by atoms with Crippen molar-refractivity contribution in [2.75, 3.05) is 19.7 Å². The molecule has 0 radical (unpaired) electrons. The summed E-state index contributed by atoms with van der Waals surface area (Å²) in [6.45, 7) is 8.87. The summed E-state index contributed by atoms with van der Waals surface area (Å²) < 4.78 is 5.90. The third-order valence-corrected chi connectivity index (χ3v) is 4.97. The fraction of sp³-hybridized carbons (Fsp3) is 0.941. The lowest BCUT2D eigenvalue weighted by atomic mass is 9.74. The van der Waals surface area contributed by atoms with Gasteiger partial charge in [0.05, 0.1) is 12.0 Å². The number of nitrogens with two attached hydrogens (primary N) is 1. The summed E-state index contributed by atoms with van der Waals surface area (Å²) in [4.78, 5) is 14.8. The lowest BCUT2D eigenvalue weighted by Gasteiger charge is -2.41. The Kier molecular flexibility index (Phi) is 5.67. The number of carbonyl (C=O) groups is 1. The van der Waals surface area contributed by atoms with Crippen LogP contribution in [0.15, 0.2) is 0 Å². The van der Waals surface area contributed by atoms with E-state index in [0.29, 0.717) is 12.0 Å². The van der Waals surface area contributed by atoms with Crippen LogP contribution >= 0.6 is 0 Å². The monoisotopic (exact) mass is 296 g/mol. The molecular formula is C17H32N2O2. The van der Waals surface area contributed by atoms with Gasteiger partial charge < -0.3 is 15.4 Å². The fourth-order valence-corrected chi connectivity index (χ4v) is 3.56. The Morgan fingerprint density at radius 1 is 1.29 bits per heavy atom. The zero-order valence-electron chi connectivity index (χ0n) is 13.9. The average molecular weight is 296 g/mol. The van der Waals surface area contributed by atoms with Crippen LogP contribution in [0.1, 0.15) is 59.3 Å². The molecule has 21 heavy (non-hydrogen) atoms. The number of nitrogens with zero attached hydrogens (tertiary/aromatic N) is 1. The van der Waals surface area contributed by atoms with Crippen LogP contribution in [0.3, 0.4) is 0 Å². The maximum absolute atomic E-state index is 12.7. The number of likely N-dealkylation sites (tertiary alicyclic amines) is 1. The van der Waals surface area contributed by atoms with Crippen molar-refractivity contribution >= 4 is 5.91 Å². The highest BCUT2D eigenvalue weighted by molar-refractivity contribution is 5.80. The average Bonchev–Trinajstić information content (AvgIpc) is 2.44. The van der Waals surface area contributed by atoms with Crippen LogP contribution in [-0.2, 0) is 9.53 Å². The van der Waals surface area contributed by atoms with Crippen LogP contribution in [0.2, 0.25) is 0 Å². The molecule has 1 heterocycles. The number of rotatable bonds is 4. The Morgan fingerprint density at radius 2 is 1.95 bits per heavy atom. The summed E-state index contributed by atoms with van der Waals surface area (Å²) in [6, 6.07) is 0. The van der Waals surface area contributed by atoms with Crippen molar-refractivity contribution in [3.63, 3.8) is 0 Å². The van der Waals surface area contributed by atoms with E-state index in [2.05, 4.69) is 13.8 Å². The summed E-state index contributed by atoms with van der Waals surface area (Å²) >= 11 is 0. The Balaban J connectivity index is 1.82. The maximum Gasteiger partial charge on any atom is 0.227 e. The van der Waals surface area contributed by atoms with Gasteiger partial charge in [0.15, 0.2) is 0 Å². The van der Waals surface area contributed by atoms with Gasteiger partial charge in [-0.25, -0.2) is 0 Å². The molecule has 2 atom stereocenters. The van der Waals surface area contributed by atoms with E-state index in [1.807, 2.05) is 11.8 Å². The van der Waals surface area contributed by atoms with Crippen molar-refractivity contribution in [1.82, 2.24) is 4.90 Å². The Bertz CT molecular complexity index is 347. The molecule has 1 saturated carbocycles. The zero-order valence-corrected chi connectivity index (χ0v) is 13.9. The van der Waals surface area contributed by atoms with Crippen LogP contribution in [-0.4, -0.2) is 42.1 Å². The second-order valence-electron chi connectivity index (χ2n) is 7.56. The summed E-state index contributed by atoms with van der Waals surface area (Å²) in [6.07, 6.45) is 6.47. The topological polar surface area (TPSA) is 55.6 Å². The van der Waals surface area contributed by atoms with Gasteiger partial charge in [-0.15, -0.1) is 0 Å². The minimum absolute atomic E-state index is 0.0133. The van der Waals surface area contributed by atoms with E-state index in [1.165, 1.54) is 0 Å². The number of carbonyl (C=O) groups excluding carboxylic acids is 1. The van der Waals surface area contributed by atoms with Crippen molar-refractivity contribution < 1.29 is 9.53 Å². The van der Waals surface area contributed by atoms with Crippen LogP contribution < -0.4 is 5.73 Å². The number of hydrogen-bond acceptors (Lipinski definition) is 3. The Hall–Kier alpha value is -0.610. The SMILES string of the molecule is CC(C)COC1CCN(C(=O)C2CCCCC2(C)N)CC1. The molecule has 0 aromatic heterocycles. The number of amides is 1. The summed E-state index contributed by atoms with van der Waals surface area (Å²) in [7, 11) is 0. The highest BCUT2D eigenvalue weighted by Gasteiger charge is 2.40. The molecule has 1 saturated heterocycles. The highest BCUT2D eigenvalue weighted by Crippen LogP contribution is 2.33. The van der Waals surface area contributed by atoms with Gasteiger partial charge in [-0.2, -0.15) is 0 Å². The lowest BCUT2D eigenvalue weighted by Crippen LogP contribution is -2.55. The molecule has 2 rings (SSSR count). The van der Waals surface area contributed by atoms with Gasteiger partial charge in [-0.05, 0) is 38.5 Å². The van der Waals surface area contributed by atoms with Crippen molar-refractivity contribution in [1.29, 1.82) is 0 Å². The molecular weight excluding hydrogens is 264 g/mol. The van der Waals surface area contributed by atoms with E-state index in [4.69, 9.17) is 10.5 Å². The van der Waals surface area contributed by atoms with E-state index in [0.717, 1.165) is 58.2 Å². The van der Waals surface area contributed by atoms with Gasteiger partial charge in [-0.3, -0.25) is 4.79 Å². The number of hydrogen-bond donors (Lipinski definition) is 1. The minimum atomic E-state index is -0.319. The van der Waals surface area contributed by atoms with Crippen molar-refractivity contribution in [2.24, 2.45) is 17.6 Å². The largest absolute Gasteiger partial charge is 0.378 e. The van der Waals surface area contributed by atoms with Crippen molar-refractivity contribution in [2.45, 2.75) is 70.9 Å². The predicted molar refractivity (Wildman–Crippen MR) is 84.9 cm³/mol. The third kappa shape index (κ3) is 4.43.